The number of carbonyl (C=O) groups is 2. The van der Waals surface area contributed by atoms with Crippen LogP contribution in [0.3, 0.4) is 0 Å². The maximum Gasteiger partial charge on any atom is 0.308 e. The van der Waals surface area contributed by atoms with Crippen molar-refractivity contribution in [3.8, 4) is 11.5 Å². The Morgan fingerprint density at radius 1 is 1.22 bits per heavy atom. The van der Waals surface area contributed by atoms with Crippen molar-refractivity contribution in [3.05, 3.63) is 59.7 Å². The van der Waals surface area contributed by atoms with E-state index >= 15 is 0 Å². The highest BCUT2D eigenvalue weighted by molar-refractivity contribution is 5.85. The van der Waals surface area contributed by atoms with Crippen LogP contribution in [0.4, 0.5) is 0 Å². The van der Waals surface area contributed by atoms with Crippen LogP contribution in [0.15, 0.2) is 48.5 Å². The number of fused-ring (bicyclic) bond motifs is 1. The molecule has 2 aromatic rings. The third-order valence-electron chi connectivity index (χ3n) is 4.81. The molecule has 1 amide bonds. The van der Waals surface area contributed by atoms with Gasteiger partial charge in [0.05, 0.1) is 25.6 Å². The summed E-state index contributed by atoms with van der Waals surface area (Å²) in [6.45, 7) is 0.532. The fraction of sp³-hybridized carbons (Fsp3) is 0.333. The molecule has 142 valence electrons. The topological polar surface area (TPSA) is 84.9 Å². The molecule has 2 atom stereocenters. The molecule has 3 rings (SSSR count). The van der Waals surface area contributed by atoms with E-state index in [1.165, 1.54) is 0 Å². The number of para-hydroxylation sites is 2. The van der Waals surface area contributed by atoms with Crippen LogP contribution in [0.5, 0.6) is 11.5 Å². The minimum absolute atomic E-state index is 0.0612. The van der Waals surface area contributed by atoms with Gasteiger partial charge in [0.25, 0.3) is 0 Å². The molecule has 6 nitrogen and oxygen atoms in total. The minimum atomic E-state index is -0.950. The van der Waals surface area contributed by atoms with Crippen LogP contribution in [0, 0.1) is 5.92 Å². The van der Waals surface area contributed by atoms with E-state index in [-0.39, 0.29) is 24.8 Å². The molecule has 1 aliphatic rings. The van der Waals surface area contributed by atoms with E-state index in [2.05, 4.69) is 5.32 Å². The molecule has 0 spiro atoms. The van der Waals surface area contributed by atoms with Crippen molar-refractivity contribution in [2.75, 3.05) is 20.3 Å². The van der Waals surface area contributed by atoms with Crippen LogP contribution in [-0.4, -0.2) is 37.2 Å². The summed E-state index contributed by atoms with van der Waals surface area (Å²) in [7, 11) is 1.55. The number of hydrogen-bond donors (Lipinski definition) is 2. The van der Waals surface area contributed by atoms with Crippen LogP contribution in [0.1, 0.15) is 23.5 Å². The molecule has 0 aromatic heterocycles. The molecule has 0 bridgehead atoms. The van der Waals surface area contributed by atoms with Gasteiger partial charge >= 0.3 is 5.97 Å². The molecule has 0 saturated carbocycles. The van der Waals surface area contributed by atoms with Gasteiger partial charge in [-0.1, -0.05) is 36.4 Å². The van der Waals surface area contributed by atoms with Crippen molar-refractivity contribution in [2.45, 2.75) is 18.8 Å². The maximum atomic E-state index is 12.7. The second kappa shape index (κ2) is 8.58. The van der Waals surface area contributed by atoms with E-state index < -0.39 is 11.9 Å². The van der Waals surface area contributed by atoms with Crippen LogP contribution in [0.25, 0.3) is 0 Å². The van der Waals surface area contributed by atoms with Gasteiger partial charge in [0.2, 0.25) is 5.91 Å². The molecule has 0 aliphatic carbocycles. The fourth-order valence-electron chi connectivity index (χ4n) is 3.35. The fourth-order valence-corrected chi connectivity index (χ4v) is 3.35. The lowest BCUT2D eigenvalue weighted by atomic mass is 9.92. The molecule has 2 unspecified atom stereocenters. The number of benzene rings is 2. The number of aliphatic carboxylic acids is 1. The van der Waals surface area contributed by atoms with Gasteiger partial charge < -0.3 is 19.9 Å². The van der Waals surface area contributed by atoms with Gasteiger partial charge in [-0.2, -0.15) is 0 Å². The average molecular weight is 369 g/mol. The first-order valence-electron chi connectivity index (χ1n) is 8.94. The van der Waals surface area contributed by atoms with E-state index in [1.54, 1.807) is 13.2 Å². The first kappa shape index (κ1) is 18.8. The number of carboxylic acids is 1. The standard InChI is InChI=1S/C21H23NO5/c1-26-18-8-4-2-6-14(18)12-15(21(24)25)13-22-20(23)17-10-11-27-19-9-5-3-7-16(17)19/h2-9,15,17H,10-13H2,1H3,(H,22,23)(H,24,25). The Bertz CT molecular complexity index is 820. The van der Waals surface area contributed by atoms with E-state index in [0.717, 1.165) is 11.1 Å². The summed E-state index contributed by atoms with van der Waals surface area (Å²) < 4.78 is 10.9. The third kappa shape index (κ3) is 4.39. The zero-order chi connectivity index (χ0) is 19.2. The smallest absolute Gasteiger partial charge is 0.308 e. The average Bonchev–Trinajstić information content (AvgIpc) is 2.70. The molecule has 6 heteroatoms. The molecule has 0 radical (unpaired) electrons. The van der Waals surface area contributed by atoms with E-state index in [9.17, 15) is 14.7 Å². The highest BCUT2D eigenvalue weighted by Gasteiger charge is 2.28. The van der Waals surface area contributed by atoms with E-state index in [1.807, 2.05) is 42.5 Å². The third-order valence-corrected chi connectivity index (χ3v) is 4.81. The van der Waals surface area contributed by atoms with Crippen LogP contribution < -0.4 is 14.8 Å². The molecule has 2 N–H and O–H groups in total. The molecule has 1 aliphatic heterocycles. The molecule has 2 aromatic carbocycles. The zero-order valence-corrected chi connectivity index (χ0v) is 15.2. The lowest BCUT2D eigenvalue weighted by Gasteiger charge is -2.25. The van der Waals surface area contributed by atoms with Gasteiger partial charge in [0.15, 0.2) is 0 Å². The summed E-state index contributed by atoms with van der Waals surface area (Å²) in [6.07, 6.45) is 0.858. The summed E-state index contributed by atoms with van der Waals surface area (Å²) >= 11 is 0. The lowest BCUT2D eigenvalue weighted by molar-refractivity contribution is -0.141. The Morgan fingerprint density at radius 2 is 1.96 bits per heavy atom. The number of amides is 1. The number of nitrogens with one attached hydrogen (secondary N) is 1. The Morgan fingerprint density at radius 3 is 2.74 bits per heavy atom. The summed E-state index contributed by atoms with van der Waals surface area (Å²) in [4.78, 5) is 24.4. The van der Waals surface area contributed by atoms with Gasteiger partial charge in [0.1, 0.15) is 11.5 Å². The summed E-state index contributed by atoms with van der Waals surface area (Å²) in [5.74, 6) is -0.817. The number of carboxylic acid groups (broad SMARTS) is 1. The maximum absolute atomic E-state index is 12.7. The zero-order valence-electron chi connectivity index (χ0n) is 15.2. The number of ether oxygens (including phenoxy) is 2. The van der Waals surface area contributed by atoms with E-state index in [4.69, 9.17) is 9.47 Å². The van der Waals surface area contributed by atoms with Crippen molar-refractivity contribution in [2.24, 2.45) is 5.92 Å². The van der Waals surface area contributed by atoms with Gasteiger partial charge in [-0.05, 0) is 30.5 Å². The first-order valence-corrected chi connectivity index (χ1v) is 8.94. The number of carbonyl (C=O) groups excluding carboxylic acids is 1. The largest absolute Gasteiger partial charge is 0.496 e. The molecule has 27 heavy (non-hydrogen) atoms. The summed E-state index contributed by atoms with van der Waals surface area (Å²) in [5.41, 5.74) is 1.65. The van der Waals surface area contributed by atoms with Crippen molar-refractivity contribution >= 4 is 11.9 Å². The molecule has 1 heterocycles. The Kier molecular flexibility index (Phi) is 5.96. The van der Waals surface area contributed by atoms with Crippen LogP contribution in [-0.2, 0) is 16.0 Å². The number of rotatable bonds is 7. The van der Waals surface area contributed by atoms with Crippen molar-refractivity contribution < 1.29 is 24.2 Å². The normalized spacial score (nSPS) is 16.6. The second-order valence-electron chi connectivity index (χ2n) is 6.52. The van der Waals surface area contributed by atoms with E-state index in [0.29, 0.717) is 24.5 Å². The predicted molar refractivity (Wildman–Crippen MR) is 100 cm³/mol. The van der Waals surface area contributed by atoms with Gasteiger partial charge in [0, 0.05) is 12.1 Å². The summed E-state index contributed by atoms with van der Waals surface area (Å²) in [6, 6.07) is 14.8. The molecular formula is C21H23NO5. The second-order valence-corrected chi connectivity index (χ2v) is 6.52. The van der Waals surface area contributed by atoms with Crippen LogP contribution >= 0.6 is 0 Å². The van der Waals surface area contributed by atoms with Crippen molar-refractivity contribution in [1.29, 1.82) is 0 Å². The molecule has 0 fully saturated rings. The molecule has 0 saturated heterocycles. The predicted octanol–water partition coefficient (Wildman–Crippen LogP) is 2.62. The Labute approximate surface area is 158 Å². The first-order chi connectivity index (χ1) is 13.1. The lowest BCUT2D eigenvalue weighted by Crippen LogP contribution is -2.38. The minimum Gasteiger partial charge on any atom is -0.496 e. The summed E-state index contributed by atoms with van der Waals surface area (Å²) in [5, 5.41) is 12.4. The highest BCUT2D eigenvalue weighted by Crippen LogP contribution is 2.33. The molecular weight excluding hydrogens is 346 g/mol. The van der Waals surface area contributed by atoms with Crippen molar-refractivity contribution in [3.63, 3.8) is 0 Å². The van der Waals surface area contributed by atoms with Gasteiger partial charge in [-0.15, -0.1) is 0 Å². The number of methoxy groups -OCH3 is 1. The SMILES string of the molecule is COc1ccccc1CC(CNC(=O)C1CCOc2ccccc21)C(=O)O. The van der Waals surface area contributed by atoms with Gasteiger partial charge in [-0.3, -0.25) is 9.59 Å². The Balaban J connectivity index is 1.66. The van der Waals surface area contributed by atoms with Crippen LogP contribution in [0.2, 0.25) is 0 Å². The number of hydrogen-bond acceptors (Lipinski definition) is 4. The monoisotopic (exact) mass is 369 g/mol. The quantitative estimate of drug-likeness (QED) is 0.784. The van der Waals surface area contributed by atoms with Gasteiger partial charge in [-0.25, -0.2) is 0 Å². The Hall–Kier alpha value is -3.02. The van der Waals surface area contributed by atoms with Crippen molar-refractivity contribution in [1.82, 2.24) is 5.32 Å². The highest BCUT2D eigenvalue weighted by atomic mass is 16.5.